The first-order valence-corrected chi connectivity index (χ1v) is 7.48. The maximum atomic E-state index is 12.0. The molecule has 0 atom stereocenters. The number of benzene rings is 1. The maximum Gasteiger partial charge on any atom is 0.256 e. The average Bonchev–Trinajstić information content (AvgIpc) is 2.72. The van der Waals surface area contributed by atoms with E-state index in [2.05, 4.69) is 37.2 Å². The first-order chi connectivity index (χ1) is 8.47. The summed E-state index contributed by atoms with van der Waals surface area (Å²) in [5.41, 5.74) is 1.90. The second-order valence-electron chi connectivity index (χ2n) is 3.74. The highest BCUT2D eigenvalue weighted by Gasteiger charge is 2.12. The molecule has 0 spiro atoms. The SMILES string of the molecule is Cc1cc(Br)c(O)c(NC(=O)c2csc(Br)c2)c1. The number of carbonyl (C=O) groups excluding carboxylic acids is 1. The van der Waals surface area contributed by atoms with Crippen LogP contribution in [0.5, 0.6) is 5.75 Å². The van der Waals surface area contributed by atoms with Crippen molar-refractivity contribution in [2.75, 3.05) is 5.32 Å². The number of halogens is 2. The summed E-state index contributed by atoms with van der Waals surface area (Å²) in [7, 11) is 0. The molecule has 0 saturated carbocycles. The van der Waals surface area contributed by atoms with Crippen molar-refractivity contribution in [3.05, 3.63) is 43.0 Å². The first kappa shape index (κ1) is 13.6. The van der Waals surface area contributed by atoms with Gasteiger partial charge in [-0.25, -0.2) is 0 Å². The van der Waals surface area contributed by atoms with Gasteiger partial charge in [0, 0.05) is 5.38 Å². The molecule has 0 saturated heterocycles. The molecule has 1 aromatic carbocycles. The molecule has 3 nitrogen and oxygen atoms in total. The van der Waals surface area contributed by atoms with Crippen LogP contribution in [-0.4, -0.2) is 11.0 Å². The van der Waals surface area contributed by atoms with Crippen LogP contribution < -0.4 is 5.32 Å². The molecule has 1 amide bonds. The lowest BCUT2D eigenvalue weighted by Crippen LogP contribution is -2.11. The zero-order valence-electron chi connectivity index (χ0n) is 9.33. The Morgan fingerprint density at radius 2 is 2.06 bits per heavy atom. The van der Waals surface area contributed by atoms with E-state index in [0.29, 0.717) is 15.7 Å². The number of phenols is 1. The minimum Gasteiger partial charge on any atom is -0.505 e. The number of hydrogen-bond acceptors (Lipinski definition) is 3. The van der Waals surface area contributed by atoms with Crippen LogP contribution in [0, 0.1) is 6.92 Å². The predicted octanol–water partition coefficient (Wildman–Crippen LogP) is 4.54. The van der Waals surface area contributed by atoms with Crippen LogP contribution in [-0.2, 0) is 0 Å². The van der Waals surface area contributed by atoms with Gasteiger partial charge in [0.15, 0.2) is 5.75 Å². The van der Waals surface area contributed by atoms with E-state index >= 15 is 0 Å². The van der Waals surface area contributed by atoms with Crippen LogP contribution in [0.2, 0.25) is 0 Å². The van der Waals surface area contributed by atoms with E-state index in [1.165, 1.54) is 11.3 Å². The van der Waals surface area contributed by atoms with Crippen molar-refractivity contribution in [3.63, 3.8) is 0 Å². The highest BCUT2D eigenvalue weighted by atomic mass is 79.9. The third-order valence-electron chi connectivity index (χ3n) is 2.29. The minimum atomic E-state index is -0.246. The van der Waals surface area contributed by atoms with Gasteiger partial charge in [0.25, 0.3) is 5.91 Å². The van der Waals surface area contributed by atoms with Gasteiger partial charge in [0.1, 0.15) is 0 Å². The summed E-state index contributed by atoms with van der Waals surface area (Å²) >= 11 is 7.98. The lowest BCUT2D eigenvalue weighted by atomic mass is 10.2. The number of aromatic hydroxyl groups is 1. The molecule has 0 radical (unpaired) electrons. The predicted molar refractivity (Wildman–Crippen MR) is 80.5 cm³/mol. The zero-order valence-corrected chi connectivity index (χ0v) is 13.3. The van der Waals surface area contributed by atoms with Gasteiger partial charge in [0.2, 0.25) is 0 Å². The molecule has 6 heteroatoms. The number of phenolic OH excluding ortho intramolecular Hbond substituents is 1. The number of rotatable bonds is 2. The van der Waals surface area contributed by atoms with Crippen LogP contribution in [0.1, 0.15) is 15.9 Å². The third kappa shape index (κ3) is 2.93. The number of carbonyl (C=O) groups is 1. The Labute approximate surface area is 125 Å². The van der Waals surface area contributed by atoms with Gasteiger partial charge in [-0.15, -0.1) is 11.3 Å². The van der Waals surface area contributed by atoms with E-state index in [4.69, 9.17) is 0 Å². The summed E-state index contributed by atoms with van der Waals surface area (Å²) in [5, 5.41) is 14.3. The van der Waals surface area contributed by atoms with E-state index in [1.807, 2.05) is 6.92 Å². The summed E-state index contributed by atoms with van der Waals surface area (Å²) in [6, 6.07) is 5.24. The molecule has 0 aliphatic carbocycles. The van der Waals surface area contributed by atoms with Crippen LogP contribution in [0.4, 0.5) is 5.69 Å². The zero-order chi connectivity index (χ0) is 13.3. The quantitative estimate of drug-likeness (QED) is 0.739. The molecule has 2 aromatic rings. The molecule has 0 fully saturated rings. The van der Waals surface area contributed by atoms with E-state index in [0.717, 1.165) is 9.35 Å². The highest BCUT2D eigenvalue weighted by molar-refractivity contribution is 9.11. The number of nitrogens with one attached hydrogen (secondary N) is 1. The van der Waals surface area contributed by atoms with Gasteiger partial charge >= 0.3 is 0 Å². The summed E-state index contributed by atoms with van der Waals surface area (Å²) in [6.07, 6.45) is 0. The molecule has 0 aliphatic rings. The average molecular weight is 391 g/mol. The Bertz CT molecular complexity index is 610. The lowest BCUT2D eigenvalue weighted by Gasteiger charge is -2.09. The summed E-state index contributed by atoms with van der Waals surface area (Å²) in [4.78, 5) is 12.0. The van der Waals surface area contributed by atoms with Gasteiger partial charge in [-0.05, 0) is 62.5 Å². The second-order valence-corrected chi connectivity index (χ2v) is 6.88. The third-order valence-corrected chi connectivity index (χ3v) is 4.39. The summed E-state index contributed by atoms with van der Waals surface area (Å²) in [5.74, 6) is -0.215. The Morgan fingerprint density at radius 3 is 2.67 bits per heavy atom. The van der Waals surface area contributed by atoms with Crippen molar-refractivity contribution in [1.82, 2.24) is 0 Å². The first-order valence-electron chi connectivity index (χ1n) is 5.02. The van der Waals surface area contributed by atoms with Gasteiger partial charge in [-0.1, -0.05) is 0 Å². The van der Waals surface area contributed by atoms with E-state index in [1.54, 1.807) is 23.6 Å². The fraction of sp³-hybridized carbons (Fsp3) is 0.0833. The van der Waals surface area contributed by atoms with Crippen LogP contribution in [0.15, 0.2) is 31.8 Å². The molecule has 0 unspecified atom stereocenters. The summed E-state index contributed by atoms with van der Waals surface area (Å²) in [6.45, 7) is 1.89. The lowest BCUT2D eigenvalue weighted by molar-refractivity contribution is 0.102. The molecule has 1 heterocycles. The van der Waals surface area contributed by atoms with Gasteiger partial charge < -0.3 is 10.4 Å². The van der Waals surface area contributed by atoms with Crippen molar-refractivity contribution in [1.29, 1.82) is 0 Å². The number of anilines is 1. The van der Waals surface area contributed by atoms with Crippen LogP contribution in [0.3, 0.4) is 0 Å². The van der Waals surface area contributed by atoms with Gasteiger partial charge in [0.05, 0.1) is 19.5 Å². The number of thiophene rings is 1. The largest absolute Gasteiger partial charge is 0.505 e. The molecule has 0 aliphatic heterocycles. The highest BCUT2D eigenvalue weighted by Crippen LogP contribution is 2.33. The molecular weight excluding hydrogens is 382 g/mol. The fourth-order valence-electron chi connectivity index (χ4n) is 1.45. The summed E-state index contributed by atoms with van der Waals surface area (Å²) < 4.78 is 1.45. The topological polar surface area (TPSA) is 49.3 Å². The Balaban J connectivity index is 2.27. The standard InChI is InChI=1S/C12H9Br2NO2S/c1-6-2-8(13)11(16)9(3-6)15-12(17)7-4-10(14)18-5-7/h2-5,16H,1H3,(H,15,17). The van der Waals surface area contributed by atoms with Crippen molar-refractivity contribution in [2.24, 2.45) is 0 Å². The smallest absolute Gasteiger partial charge is 0.256 e. The molecule has 2 rings (SSSR count). The fourth-order valence-corrected chi connectivity index (χ4v) is 3.16. The van der Waals surface area contributed by atoms with E-state index < -0.39 is 0 Å². The molecule has 0 bridgehead atoms. The van der Waals surface area contributed by atoms with Crippen LogP contribution >= 0.6 is 43.2 Å². The number of aryl methyl sites for hydroxylation is 1. The molecule has 94 valence electrons. The van der Waals surface area contributed by atoms with Crippen molar-refractivity contribution in [3.8, 4) is 5.75 Å². The van der Waals surface area contributed by atoms with Crippen molar-refractivity contribution in [2.45, 2.75) is 6.92 Å². The van der Waals surface area contributed by atoms with Gasteiger partial charge in [-0.3, -0.25) is 4.79 Å². The number of amides is 1. The molecular formula is C12H9Br2NO2S. The Kier molecular flexibility index (Phi) is 4.09. The van der Waals surface area contributed by atoms with E-state index in [-0.39, 0.29) is 11.7 Å². The van der Waals surface area contributed by atoms with Gasteiger partial charge in [-0.2, -0.15) is 0 Å². The second kappa shape index (κ2) is 5.42. The minimum absolute atomic E-state index is 0.0308. The monoisotopic (exact) mass is 389 g/mol. The molecule has 1 aromatic heterocycles. The molecule has 18 heavy (non-hydrogen) atoms. The van der Waals surface area contributed by atoms with Crippen LogP contribution in [0.25, 0.3) is 0 Å². The normalized spacial score (nSPS) is 10.4. The van der Waals surface area contributed by atoms with Crippen molar-refractivity contribution >= 4 is 54.8 Å². The Hall–Kier alpha value is -0.850. The van der Waals surface area contributed by atoms with Crippen molar-refractivity contribution < 1.29 is 9.90 Å². The van der Waals surface area contributed by atoms with E-state index in [9.17, 15) is 9.90 Å². The Morgan fingerprint density at radius 1 is 1.33 bits per heavy atom. The molecule has 2 N–H and O–H groups in total. The number of hydrogen-bond donors (Lipinski definition) is 2. The maximum absolute atomic E-state index is 12.0.